The van der Waals surface area contributed by atoms with Crippen LogP contribution in [-0.2, 0) is 11.3 Å². The average Bonchev–Trinajstić information content (AvgIpc) is 3.42. The molecule has 2 amide bonds. The molecule has 206 valence electrons. The van der Waals surface area contributed by atoms with E-state index in [9.17, 15) is 14.0 Å². The van der Waals surface area contributed by atoms with E-state index in [4.69, 9.17) is 4.74 Å². The second-order valence-electron chi connectivity index (χ2n) is 9.11. The van der Waals surface area contributed by atoms with Gasteiger partial charge in [-0.2, -0.15) is 0 Å². The number of rotatable bonds is 9. The number of anilines is 1. The standard InChI is InChI=1S/C29H29FN6O3S/c1-39-25-13-7-21(8-14-25)28(38)31-19-26-32-33-29(36(26)24-11-9-22(30)10-12-24)40-20-27(37)35-17-15-34(16-18-35)23-5-3-2-4-6-23/h2-14H,15-20H2,1H3,(H,31,38). The van der Waals surface area contributed by atoms with E-state index in [1.165, 1.54) is 23.9 Å². The molecule has 0 saturated carbocycles. The highest BCUT2D eigenvalue weighted by molar-refractivity contribution is 7.99. The van der Waals surface area contributed by atoms with Gasteiger partial charge in [-0.25, -0.2) is 4.39 Å². The summed E-state index contributed by atoms with van der Waals surface area (Å²) in [5, 5.41) is 11.9. The summed E-state index contributed by atoms with van der Waals surface area (Å²) < 4.78 is 20.5. The van der Waals surface area contributed by atoms with Gasteiger partial charge in [0.15, 0.2) is 11.0 Å². The zero-order valence-electron chi connectivity index (χ0n) is 22.0. The molecule has 9 nitrogen and oxygen atoms in total. The number of benzene rings is 3. The van der Waals surface area contributed by atoms with Crippen molar-refractivity contribution < 1.29 is 18.7 Å². The summed E-state index contributed by atoms with van der Waals surface area (Å²) in [5.41, 5.74) is 2.26. The zero-order valence-corrected chi connectivity index (χ0v) is 22.8. The first-order valence-corrected chi connectivity index (χ1v) is 13.8. The van der Waals surface area contributed by atoms with Gasteiger partial charge in [0, 0.05) is 43.1 Å². The maximum atomic E-state index is 13.7. The number of aromatic nitrogens is 3. The molecule has 1 aromatic heterocycles. The van der Waals surface area contributed by atoms with E-state index in [2.05, 4.69) is 32.5 Å². The minimum absolute atomic E-state index is 0.0146. The number of amides is 2. The molecule has 2 heterocycles. The molecule has 1 fully saturated rings. The fraction of sp³-hybridized carbons (Fsp3) is 0.241. The van der Waals surface area contributed by atoms with Gasteiger partial charge in [-0.05, 0) is 60.7 Å². The minimum atomic E-state index is -0.370. The van der Waals surface area contributed by atoms with Gasteiger partial charge < -0.3 is 19.9 Å². The van der Waals surface area contributed by atoms with Gasteiger partial charge in [0.2, 0.25) is 5.91 Å². The summed E-state index contributed by atoms with van der Waals surface area (Å²) in [5.74, 6) is 0.658. The van der Waals surface area contributed by atoms with Crippen molar-refractivity contribution in [2.24, 2.45) is 0 Å². The van der Waals surface area contributed by atoms with Crippen LogP contribution in [0.15, 0.2) is 84.0 Å². The third kappa shape index (κ3) is 6.42. The van der Waals surface area contributed by atoms with Crippen molar-refractivity contribution in [2.45, 2.75) is 11.7 Å². The Labute approximate surface area is 236 Å². The van der Waals surface area contributed by atoms with Crippen molar-refractivity contribution in [3.8, 4) is 11.4 Å². The molecule has 1 aliphatic heterocycles. The third-order valence-electron chi connectivity index (χ3n) is 6.62. The first kappa shape index (κ1) is 27.2. The van der Waals surface area contributed by atoms with Crippen LogP contribution in [0.25, 0.3) is 5.69 Å². The molecule has 3 aromatic carbocycles. The number of nitrogens with one attached hydrogen (secondary N) is 1. The van der Waals surface area contributed by atoms with Gasteiger partial charge in [0.25, 0.3) is 5.91 Å². The fourth-order valence-corrected chi connectivity index (χ4v) is 5.31. The molecule has 5 rings (SSSR count). The van der Waals surface area contributed by atoms with Gasteiger partial charge in [-0.1, -0.05) is 30.0 Å². The van der Waals surface area contributed by atoms with Crippen LogP contribution >= 0.6 is 11.8 Å². The number of thioether (sulfide) groups is 1. The van der Waals surface area contributed by atoms with E-state index in [0.717, 1.165) is 18.8 Å². The Morgan fingerprint density at radius 1 is 0.900 bits per heavy atom. The number of piperazine rings is 1. The van der Waals surface area contributed by atoms with Crippen LogP contribution in [0.3, 0.4) is 0 Å². The van der Waals surface area contributed by atoms with Crippen LogP contribution in [0.2, 0.25) is 0 Å². The maximum Gasteiger partial charge on any atom is 0.251 e. The van der Waals surface area contributed by atoms with Gasteiger partial charge in [0.1, 0.15) is 11.6 Å². The number of para-hydroxylation sites is 1. The van der Waals surface area contributed by atoms with E-state index < -0.39 is 0 Å². The molecule has 11 heteroatoms. The van der Waals surface area contributed by atoms with Crippen molar-refractivity contribution in [1.29, 1.82) is 0 Å². The Kier molecular flexibility index (Phi) is 8.60. The van der Waals surface area contributed by atoms with Gasteiger partial charge in [-0.3, -0.25) is 14.2 Å². The number of carbonyl (C=O) groups excluding carboxylic acids is 2. The molecule has 0 spiro atoms. The monoisotopic (exact) mass is 560 g/mol. The fourth-order valence-electron chi connectivity index (χ4n) is 4.43. The Hall–Kier alpha value is -4.38. The summed E-state index contributed by atoms with van der Waals surface area (Å²) in [6, 6.07) is 22.9. The molecule has 0 unspecified atom stereocenters. The first-order valence-electron chi connectivity index (χ1n) is 12.8. The lowest BCUT2D eigenvalue weighted by Gasteiger charge is -2.36. The minimum Gasteiger partial charge on any atom is -0.497 e. The summed E-state index contributed by atoms with van der Waals surface area (Å²) in [6.07, 6.45) is 0. The van der Waals surface area contributed by atoms with E-state index >= 15 is 0 Å². The SMILES string of the molecule is COc1ccc(C(=O)NCc2nnc(SCC(=O)N3CCN(c4ccccc4)CC3)n2-c2ccc(F)cc2)cc1. The molecule has 0 aliphatic carbocycles. The molecular weight excluding hydrogens is 531 g/mol. The van der Waals surface area contributed by atoms with Crippen LogP contribution in [0.1, 0.15) is 16.2 Å². The summed E-state index contributed by atoms with van der Waals surface area (Å²) in [7, 11) is 1.56. The molecule has 40 heavy (non-hydrogen) atoms. The number of hydrogen-bond donors (Lipinski definition) is 1. The van der Waals surface area contributed by atoms with Gasteiger partial charge in [-0.15, -0.1) is 10.2 Å². The smallest absolute Gasteiger partial charge is 0.251 e. The van der Waals surface area contributed by atoms with Crippen molar-refractivity contribution in [3.05, 3.63) is 96.1 Å². The Morgan fingerprint density at radius 3 is 2.27 bits per heavy atom. The predicted molar refractivity (Wildman–Crippen MR) is 151 cm³/mol. The lowest BCUT2D eigenvalue weighted by atomic mass is 10.2. The van der Waals surface area contributed by atoms with Crippen molar-refractivity contribution in [3.63, 3.8) is 0 Å². The Balaban J connectivity index is 1.24. The van der Waals surface area contributed by atoms with E-state index in [-0.39, 0.29) is 29.9 Å². The van der Waals surface area contributed by atoms with Crippen LogP contribution in [0.4, 0.5) is 10.1 Å². The molecule has 1 aliphatic rings. The first-order chi connectivity index (χ1) is 19.5. The highest BCUT2D eigenvalue weighted by atomic mass is 32.2. The van der Waals surface area contributed by atoms with Crippen molar-refractivity contribution >= 4 is 29.3 Å². The molecule has 1 saturated heterocycles. The number of methoxy groups -OCH3 is 1. The highest BCUT2D eigenvalue weighted by Gasteiger charge is 2.23. The molecule has 0 atom stereocenters. The Morgan fingerprint density at radius 2 is 1.60 bits per heavy atom. The van der Waals surface area contributed by atoms with Gasteiger partial charge in [0.05, 0.1) is 19.4 Å². The summed E-state index contributed by atoms with van der Waals surface area (Å²) >= 11 is 1.26. The second-order valence-corrected chi connectivity index (χ2v) is 10.1. The number of carbonyl (C=O) groups is 2. The predicted octanol–water partition coefficient (Wildman–Crippen LogP) is 3.79. The number of hydrogen-bond acceptors (Lipinski definition) is 7. The molecule has 1 N–H and O–H groups in total. The Bertz CT molecular complexity index is 1440. The lowest BCUT2D eigenvalue weighted by molar-refractivity contribution is -0.128. The van der Waals surface area contributed by atoms with Crippen LogP contribution < -0.4 is 15.0 Å². The molecule has 4 aromatic rings. The molecular formula is C29H29FN6O3S. The summed E-state index contributed by atoms with van der Waals surface area (Å²) in [6.45, 7) is 2.91. The third-order valence-corrected chi connectivity index (χ3v) is 7.54. The van der Waals surface area contributed by atoms with E-state index in [1.807, 2.05) is 23.1 Å². The largest absolute Gasteiger partial charge is 0.497 e. The lowest BCUT2D eigenvalue weighted by Crippen LogP contribution is -2.49. The molecule has 0 radical (unpaired) electrons. The topological polar surface area (TPSA) is 92.6 Å². The maximum absolute atomic E-state index is 13.7. The number of nitrogens with zero attached hydrogens (tertiary/aromatic N) is 5. The molecule has 0 bridgehead atoms. The number of halogens is 1. The van der Waals surface area contributed by atoms with Gasteiger partial charge >= 0.3 is 0 Å². The highest BCUT2D eigenvalue weighted by Crippen LogP contribution is 2.24. The second kappa shape index (κ2) is 12.6. The number of ether oxygens (including phenoxy) is 1. The van der Waals surface area contributed by atoms with Crippen LogP contribution in [0.5, 0.6) is 5.75 Å². The van der Waals surface area contributed by atoms with Crippen LogP contribution in [-0.4, -0.2) is 70.5 Å². The van der Waals surface area contributed by atoms with Crippen LogP contribution in [0, 0.1) is 5.82 Å². The quantitative estimate of drug-likeness (QED) is 0.312. The van der Waals surface area contributed by atoms with E-state index in [0.29, 0.717) is 41.1 Å². The average molecular weight is 561 g/mol. The van der Waals surface area contributed by atoms with E-state index in [1.54, 1.807) is 48.1 Å². The normalized spacial score (nSPS) is 13.2. The van der Waals surface area contributed by atoms with Crippen molar-refractivity contribution in [2.75, 3.05) is 43.9 Å². The van der Waals surface area contributed by atoms with Crippen molar-refractivity contribution in [1.82, 2.24) is 25.0 Å². The zero-order chi connectivity index (χ0) is 27.9. The summed E-state index contributed by atoms with van der Waals surface area (Å²) in [4.78, 5) is 29.9.